The first-order valence-corrected chi connectivity index (χ1v) is 7.03. The summed E-state index contributed by atoms with van der Waals surface area (Å²) in [6, 6.07) is 0. The quantitative estimate of drug-likeness (QED) is 0.631. The lowest BCUT2D eigenvalue weighted by Gasteiger charge is -2.21. The Morgan fingerprint density at radius 1 is 1.60 bits per heavy atom. The van der Waals surface area contributed by atoms with E-state index >= 15 is 0 Å². The van der Waals surface area contributed by atoms with Crippen LogP contribution in [0, 0.1) is 0 Å². The fraction of sp³-hybridized carbons (Fsp3) is 0.727. The zero-order valence-electron chi connectivity index (χ0n) is 9.47. The molecule has 0 radical (unpaired) electrons. The number of rotatable bonds is 1. The molecule has 2 unspecified atom stereocenters. The largest absolute Gasteiger partial charge is 0.383 e. The first-order valence-electron chi connectivity index (χ1n) is 5.13. The molecule has 0 aliphatic heterocycles. The molecule has 0 bridgehead atoms. The molecular weight excluding hydrogens is 321 g/mol. The Balaban J connectivity index is 2.40. The Bertz CT molecular complexity index is 392. The second-order valence-corrected chi connectivity index (χ2v) is 8.61. The molecule has 1 aliphatic rings. The van der Waals surface area contributed by atoms with Crippen LogP contribution in [0.1, 0.15) is 49.2 Å². The molecule has 2 rings (SSSR count). The van der Waals surface area contributed by atoms with Gasteiger partial charge in [0.15, 0.2) is 0 Å². The van der Waals surface area contributed by atoms with E-state index in [1.54, 1.807) is 25.2 Å². The minimum Gasteiger partial charge on any atom is -0.383 e. The van der Waals surface area contributed by atoms with Gasteiger partial charge in [0.05, 0.1) is 5.69 Å². The predicted octanol–water partition coefficient (Wildman–Crippen LogP) is 3.22. The van der Waals surface area contributed by atoms with Crippen LogP contribution >= 0.6 is 33.9 Å². The van der Waals surface area contributed by atoms with Gasteiger partial charge in [-0.1, -0.05) is 29.5 Å². The maximum absolute atomic E-state index is 9.91. The molecule has 0 saturated heterocycles. The van der Waals surface area contributed by atoms with Crippen LogP contribution in [0.2, 0.25) is 0 Å². The van der Waals surface area contributed by atoms with Crippen molar-refractivity contribution in [3.8, 4) is 0 Å². The van der Waals surface area contributed by atoms with Gasteiger partial charge in [-0.3, -0.25) is 0 Å². The number of hydrogen-bond donors (Lipinski definition) is 1. The molecule has 1 N–H and O–H groups in total. The highest BCUT2D eigenvalue weighted by molar-refractivity contribution is 14.1. The number of halogens is 1. The summed E-state index contributed by atoms with van der Waals surface area (Å²) >= 11 is 4.19. The lowest BCUT2D eigenvalue weighted by Crippen LogP contribution is -2.21. The topological polar surface area (TPSA) is 33.1 Å². The summed E-state index contributed by atoms with van der Waals surface area (Å²) in [7, 11) is 0. The molecule has 84 valence electrons. The molecule has 2 nitrogen and oxygen atoms in total. The number of thiazole rings is 1. The lowest BCUT2D eigenvalue weighted by atomic mass is 9.99. The van der Waals surface area contributed by atoms with E-state index in [2.05, 4.69) is 41.4 Å². The van der Waals surface area contributed by atoms with Gasteiger partial charge in [0, 0.05) is 14.2 Å². The molecule has 4 heteroatoms. The van der Waals surface area contributed by atoms with Gasteiger partial charge in [0.25, 0.3) is 0 Å². The zero-order valence-corrected chi connectivity index (χ0v) is 12.4. The van der Waals surface area contributed by atoms with Gasteiger partial charge in [-0.25, -0.2) is 4.98 Å². The lowest BCUT2D eigenvalue weighted by molar-refractivity contribution is 0.0780. The van der Waals surface area contributed by atoms with Crippen molar-refractivity contribution in [3.63, 3.8) is 0 Å². The highest BCUT2D eigenvalue weighted by Crippen LogP contribution is 2.48. The summed E-state index contributed by atoms with van der Waals surface area (Å²) in [6.07, 6.45) is 1.08. The third-order valence-electron chi connectivity index (χ3n) is 3.07. The van der Waals surface area contributed by atoms with Crippen molar-refractivity contribution in [1.29, 1.82) is 0 Å². The van der Waals surface area contributed by atoms with Gasteiger partial charge in [0.1, 0.15) is 10.6 Å². The molecule has 0 aromatic carbocycles. The normalized spacial score (nSPS) is 30.7. The zero-order chi connectivity index (χ0) is 11.4. The Morgan fingerprint density at radius 2 is 2.20 bits per heavy atom. The highest BCUT2D eigenvalue weighted by atomic mass is 127. The molecular formula is C11H16INOS. The fourth-order valence-electron chi connectivity index (χ4n) is 1.84. The van der Waals surface area contributed by atoms with Crippen LogP contribution in [0.25, 0.3) is 0 Å². The summed E-state index contributed by atoms with van der Waals surface area (Å²) in [4.78, 5) is 5.96. The SMILES string of the molecule is CC1c2nc(C(C)(C)O)sc2CC1(C)I. The summed E-state index contributed by atoms with van der Waals surface area (Å²) in [5.41, 5.74) is 0.408. The van der Waals surface area contributed by atoms with Gasteiger partial charge in [0.2, 0.25) is 0 Å². The second-order valence-electron chi connectivity index (χ2n) is 5.06. The van der Waals surface area contributed by atoms with Crippen LogP contribution in [0.5, 0.6) is 0 Å². The van der Waals surface area contributed by atoms with Gasteiger partial charge in [-0.15, -0.1) is 11.3 Å². The number of hydrogen-bond acceptors (Lipinski definition) is 3. The van der Waals surface area contributed by atoms with E-state index in [0.29, 0.717) is 9.34 Å². The van der Waals surface area contributed by atoms with Crippen molar-refractivity contribution in [2.45, 2.75) is 49.1 Å². The van der Waals surface area contributed by atoms with Crippen LogP contribution in [-0.2, 0) is 12.0 Å². The number of aromatic nitrogens is 1. The van der Waals surface area contributed by atoms with Gasteiger partial charge in [-0.05, 0) is 27.2 Å². The van der Waals surface area contributed by atoms with Crippen LogP contribution < -0.4 is 0 Å². The molecule has 1 heterocycles. The van der Waals surface area contributed by atoms with Crippen LogP contribution in [-0.4, -0.2) is 13.5 Å². The fourth-order valence-corrected chi connectivity index (χ4v) is 4.10. The van der Waals surface area contributed by atoms with E-state index in [1.807, 2.05) is 0 Å². The van der Waals surface area contributed by atoms with Crippen LogP contribution in [0.3, 0.4) is 0 Å². The average Bonchev–Trinajstić information content (AvgIpc) is 2.51. The summed E-state index contributed by atoms with van der Waals surface area (Å²) < 4.78 is 0.296. The standard InChI is InChI=1S/C11H16INOS/c1-6-8-7(5-11(6,4)12)15-9(13-8)10(2,3)14/h6,14H,5H2,1-4H3. The number of fused-ring (bicyclic) bond motifs is 1. The van der Waals surface area contributed by atoms with Crippen LogP contribution in [0.15, 0.2) is 0 Å². The van der Waals surface area contributed by atoms with E-state index in [4.69, 9.17) is 0 Å². The summed E-state index contributed by atoms with van der Waals surface area (Å²) in [5, 5.41) is 10.8. The molecule has 2 atom stereocenters. The van der Waals surface area contributed by atoms with E-state index in [9.17, 15) is 5.11 Å². The number of aliphatic hydroxyl groups is 1. The predicted molar refractivity (Wildman–Crippen MR) is 71.9 cm³/mol. The minimum absolute atomic E-state index is 0.296. The van der Waals surface area contributed by atoms with Crippen molar-refractivity contribution in [2.75, 3.05) is 0 Å². The smallest absolute Gasteiger partial charge is 0.124 e. The third kappa shape index (κ3) is 1.96. The van der Waals surface area contributed by atoms with Crippen molar-refractivity contribution < 1.29 is 5.11 Å². The molecule has 15 heavy (non-hydrogen) atoms. The molecule has 0 spiro atoms. The first-order chi connectivity index (χ1) is 6.72. The van der Waals surface area contributed by atoms with Crippen molar-refractivity contribution in [3.05, 3.63) is 15.6 Å². The molecule has 0 amide bonds. The van der Waals surface area contributed by atoms with Crippen molar-refractivity contribution in [2.24, 2.45) is 0 Å². The van der Waals surface area contributed by atoms with E-state index in [0.717, 1.165) is 11.4 Å². The molecule has 1 aromatic heterocycles. The van der Waals surface area contributed by atoms with E-state index in [-0.39, 0.29) is 0 Å². The minimum atomic E-state index is -0.795. The van der Waals surface area contributed by atoms with E-state index in [1.165, 1.54) is 10.6 Å². The summed E-state index contributed by atoms with van der Waals surface area (Å²) in [5.74, 6) is 0.487. The molecule has 1 aliphatic carbocycles. The Labute approximate surface area is 108 Å². The first kappa shape index (κ1) is 11.8. The van der Waals surface area contributed by atoms with Gasteiger partial charge >= 0.3 is 0 Å². The van der Waals surface area contributed by atoms with Crippen molar-refractivity contribution >= 4 is 33.9 Å². The Kier molecular flexibility index (Phi) is 2.68. The van der Waals surface area contributed by atoms with Gasteiger partial charge < -0.3 is 5.11 Å². The van der Waals surface area contributed by atoms with Crippen molar-refractivity contribution in [1.82, 2.24) is 4.98 Å². The maximum Gasteiger partial charge on any atom is 0.124 e. The van der Waals surface area contributed by atoms with Crippen LogP contribution in [0.4, 0.5) is 0 Å². The Hall–Kier alpha value is 0.320. The molecule has 0 saturated carbocycles. The summed E-state index contributed by atoms with van der Waals surface area (Å²) in [6.45, 7) is 8.10. The van der Waals surface area contributed by atoms with Gasteiger partial charge in [-0.2, -0.15) is 0 Å². The third-order valence-corrected chi connectivity index (χ3v) is 5.77. The average molecular weight is 337 g/mol. The second kappa shape index (κ2) is 3.40. The Morgan fingerprint density at radius 3 is 2.67 bits per heavy atom. The monoisotopic (exact) mass is 337 g/mol. The maximum atomic E-state index is 9.91. The highest BCUT2D eigenvalue weighted by Gasteiger charge is 2.41. The molecule has 0 fully saturated rings. The molecule has 1 aromatic rings. The number of nitrogens with zero attached hydrogens (tertiary/aromatic N) is 1. The number of alkyl halides is 1. The van der Waals surface area contributed by atoms with E-state index < -0.39 is 5.60 Å².